The number of aliphatic hydroxyl groups is 2. The lowest BCUT2D eigenvalue weighted by Gasteiger charge is -2.36. The van der Waals surface area contributed by atoms with Gasteiger partial charge in [-0.3, -0.25) is 9.59 Å². The molecule has 3 heterocycles. The van der Waals surface area contributed by atoms with Gasteiger partial charge >= 0.3 is 6.09 Å². The zero-order valence-corrected chi connectivity index (χ0v) is 26.8. The van der Waals surface area contributed by atoms with E-state index in [9.17, 15) is 24.6 Å². The van der Waals surface area contributed by atoms with Crippen LogP contribution in [0.15, 0.2) is 16.9 Å². The number of nitrogens with one attached hydrogen (secondary N) is 1. The highest BCUT2D eigenvalue weighted by Gasteiger charge is 2.30. The number of piperidine rings is 1. The zero-order chi connectivity index (χ0) is 32.9. The second kappa shape index (κ2) is 14.4. The molecule has 1 aliphatic heterocycles. The first kappa shape index (κ1) is 33.9. The number of aromatic nitrogens is 6. The molecule has 0 saturated carbocycles. The van der Waals surface area contributed by atoms with Gasteiger partial charge in [0.2, 0.25) is 11.7 Å². The molecule has 0 spiro atoms. The smallest absolute Gasteiger partial charge is 0.410 e. The Morgan fingerprint density at radius 2 is 1.87 bits per heavy atom. The second-order valence-electron chi connectivity index (χ2n) is 12.5. The van der Waals surface area contributed by atoms with Crippen molar-refractivity contribution in [3.8, 4) is 11.5 Å². The second-order valence-corrected chi connectivity index (χ2v) is 12.5. The number of tetrazole rings is 1. The van der Waals surface area contributed by atoms with Crippen molar-refractivity contribution in [1.82, 2.24) is 40.0 Å². The number of rotatable bonds is 11. The first-order valence-electron chi connectivity index (χ1n) is 15.2. The van der Waals surface area contributed by atoms with Crippen LogP contribution < -0.4 is 10.9 Å². The lowest BCUT2D eigenvalue weighted by Crippen LogP contribution is -2.51. The van der Waals surface area contributed by atoms with Crippen molar-refractivity contribution < 1.29 is 29.3 Å². The van der Waals surface area contributed by atoms with Gasteiger partial charge in [0, 0.05) is 26.7 Å². The molecule has 4 rings (SSSR count). The number of hydrogen-bond donors (Lipinski definition) is 3. The average molecular weight is 629 g/mol. The molecule has 2 aromatic heterocycles. The molecular formula is C30H44N8O7. The first-order chi connectivity index (χ1) is 21.2. The number of hydrogen-bond acceptors (Lipinski definition) is 11. The molecule has 0 aliphatic carbocycles. The van der Waals surface area contributed by atoms with Crippen molar-refractivity contribution >= 4 is 23.0 Å². The summed E-state index contributed by atoms with van der Waals surface area (Å²) in [5.41, 5.74) is 1.85. The maximum atomic E-state index is 13.5. The predicted molar refractivity (Wildman–Crippen MR) is 164 cm³/mol. The molecular weight excluding hydrogens is 584 g/mol. The number of aliphatic hydroxyl groups excluding tert-OH is 2. The van der Waals surface area contributed by atoms with Gasteiger partial charge < -0.3 is 34.5 Å². The van der Waals surface area contributed by atoms with Crippen LogP contribution in [-0.2, 0) is 27.9 Å². The molecule has 3 atom stereocenters. The fourth-order valence-corrected chi connectivity index (χ4v) is 5.18. The Balaban J connectivity index is 1.31. The van der Waals surface area contributed by atoms with Gasteiger partial charge in [0.15, 0.2) is 5.69 Å². The fraction of sp³-hybridized carbons (Fsp3) is 0.633. The van der Waals surface area contributed by atoms with Gasteiger partial charge in [0.25, 0.3) is 5.56 Å². The molecule has 0 radical (unpaired) electrons. The quantitative estimate of drug-likeness (QED) is 0.259. The number of amides is 2. The van der Waals surface area contributed by atoms with Crippen molar-refractivity contribution in [2.45, 2.75) is 90.7 Å². The number of benzene rings is 1. The maximum Gasteiger partial charge on any atom is 0.410 e. The zero-order valence-electron chi connectivity index (χ0n) is 26.8. The Morgan fingerprint density at radius 1 is 1.13 bits per heavy atom. The van der Waals surface area contributed by atoms with Crippen molar-refractivity contribution in [3.05, 3.63) is 33.6 Å². The summed E-state index contributed by atoms with van der Waals surface area (Å²) in [5, 5.41) is 35.7. The molecule has 1 fully saturated rings. The Morgan fingerprint density at radius 3 is 2.56 bits per heavy atom. The molecule has 45 heavy (non-hydrogen) atoms. The van der Waals surface area contributed by atoms with E-state index in [0.29, 0.717) is 17.6 Å². The van der Waals surface area contributed by atoms with Crippen molar-refractivity contribution in [2.75, 3.05) is 26.3 Å². The molecule has 0 bridgehead atoms. The van der Waals surface area contributed by atoms with E-state index in [-0.39, 0.29) is 62.3 Å². The average Bonchev–Trinajstić information content (AvgIpc) is 3.41. The summed E-state index contributed by atoms with van der Waals surface area (Å²) in [6, 6.07) is 3.50. The summed E-state index contributed by atoms with van der Waals surface area (Å²) in [4.78, 5) is 44.7. The van der Waals surface area contributed by atoms with Gasteiger partial charge in [0.1, 0.15) is 12.2 Å². The summed E-state index contributed by atoms with van der Waals surface area (Å²) < 4.78 is 13.7. The molecule has 1 aromatic carbocycles. The van der Waals surface area contributed by atoms with Gasteiger partial charge in [-0.05, 0) is 94.0 Å². The SMILES string of the molecule is Cc1cc2nc(-c3nnnn3C)c(=O)n(C[C@H](O)[C@H](O)CCOCC(=O)NCC3CCCCN3C(=O)OC(C)(C)C)c2cc1C. The number of fused-ring (bicyclic) bond motifs is 1. The highest BCUT2D eigenvalue weighted by atomic mass is 16.6. The molecule has 1 unspecified atom stereocenters. The third kappa shape index (κ3) is 8.61. The molecule has 15 nitrogen and oxygen atoms in total. The van der Waals surface area contributed by atoms with Crippen LogP contribution in [0, 0.1) is 13.8 Å². The van der Waals surface area contributed by atoms with Crippen LogP contribution in [0.25, 0.3) is 22.6 Å². The monoisotopic (exact) mass is 628 g/mol. The number of carbonyl (C=O) groups is 2. The van der Waals surface area contributed by atoms with E-state index < -0.39 is 23.4 Å². The van der Waals surface area contributed by atoms with Crippen LogP contribution in [0.2, 0.25) is 0 Å². The predicted octanol–water partition coefficient (Wildman–Crippen LogP) is 1.24. The number of carbonyl (C=O) groups excluding carboxylic acids is 2. The fourth-order valence-electron chi connectivity index (χ4n) is 5.18. The van der Waals surface area contributed by atoms with Crippen molar-refractivity contribution in [1.29, 1.82) is 0 Å². The molecule has 1 saturated heterocycles. The van der Waals surface area contributed by atoms with Crippen molar-refractivity contribution in [3.63, 3.8) is 0 Å². The summed E-state index contributed by atoms with van der Waals surface area (Å²) in [5.74, 6) is -0.178. The Bertz CT molecular complexity index is 1560. The van der Waals surface area contributed by atoms with Crippen LogP contribution >= 0.6 is 0 Å². The standard InChI is InChI=1S/C30H44N8O7/c1-18-13-21-22(14-19(18)2)38(28(42)26(32-21)27-33-34-35-36(27)6)16-24(40)23(39)10-12-44-17-25(41)31-15-20-9-7-8-11-37(20)29(43)45-30(3,4)5/h13-14,20,23-24,39-40H,7-12,15-17H2,1-6H3,(H,31,41)/t20?,23-,24+/m1/s1. The minimum absolute atomic E-state index is 0.000732. The number of ether oxygens (including phenoxy) is 2. The number of aryl methyl sites for hydroxylation is 3. The van der Waals surface area contributed by atoms with E-state index in [1.165, 1.54) is 9.25 Å². The van der Waals surface area contributed by atoms with E-state index >= 15 is 0 Å². The molecule has 2 amide bonds. The largest absolute Gasteiger partial charge is 0.444 e. The molecule has 3 N–H and O–H groups in total. The van der Waals surface area contributed by atoms with E-state index in [1.807, 2.05) is 46.8 Å². The van der Waals surface area contributed by atoms with E-state index in [4.69, 9.17) is 9.47 Å². The molecule has 3 aromatic rings. The summed E-state index contributed by atoms with van der Waals surface area (Å²) >= 11 is 0. The van der Waals surface area contributed by atoms with Gasteiger partial charge in [-0.15, -0.1) is 5.10 Å². The van der Waals surface area contributed by atoms with Crippen LogP contribution in [0.1, 0.15) is 57.6 Å². The van der Waals surface area contributed by atoms with Crippen LogP contribution in [0.5, 0.6) is 0 Å². The summed E-state index contributed by atoms with van der Waals surface area (Å²) in [7, 11) is 1.60. The number of nitrogens with zero attached hydrogens (tertiary/aromatic N) is 7. The van der Waals surface area contributed by atoms with E-state index in [0.717, 1.165) is 30.4 Å². The Hall–Kier alpha value is -3.95. The molecule has 246 valence electrons. The molecule has 1 aliphatic rings. The van der Waals surface area contributed by atoms with Crippen molar-refractivity contribution in [2.24, 2.45) is 7.05 Å². The van der Waals surface area contributed by atoms with Crippen LogP contribution in [0.4, 0.5) is 4.79 Å². The molecule has 15 heteroatoms. The minimum Gasteiger partial charge on any atom is -0.444 e. The normalized spacial score (nSPS) is 16.9. The summed E-state index contributed by atoms with van der Waals surface area (Å²) in [6.07, 6.45) is -0.320. The topological polar surface area (TPSA) is 187 Å². The summed E-state index contributed by atoms with van der Waals surface area (Å²) in [6.45, 7) is 9.69. The lowest BCUT2D eigenvalue weighted by molar-refractivity contribution is -0.126. The Labute approximate surface area is 261 Å². The lowest BCUT2D eigenvalue weighted by atomic mass is 10.0. The third-order valence-electron chi connectivity index (χ3n) is 7.79. The minimum atomic E-state index is -1.32. The first-order valence-corrected chi connectivity index (χ1v) is 15.2. The maximum absolute atomic E-state index is 13.5. The van der Waals surface area contributed by atoms with E-state index in [2.05, 4.69) is 25.8 Å². The van der Waals surface area contributed by atoms with Gasteiger partial charge in [0.05, 0.1) is 35.8 Å². The third-order valence-corrected chi connectivity index (χ3v) is 7.79. The highest BCUT2D eigenvalue weighted by molar-refractivity contribution is 5.79. The number of likely N-dealkylation sites (tertiary alicyclic amines) is 1. The Kier molecular flexibility index (Phi) is 10.9. The van der Waals surface area contributed by atoms with E-state index in [1.54, 1.807) is 11.9 Å². The van der Waals surface area contributed by atoms with Gasteiger partial charge in [-0.2, -0.15) is 0 Å². The van der Waals surface area contributed by atoms with Gasteiger partial charge in [-0.1, -0.05) is 0 Å². The van der Waals surface area contributed by atoms with Crippen LogP contribution in [0.3, 0.4) is 0 Å². The highest BCUT2D eigenvalue weighted by Crippen LogP contribution is 2.22. The van der Waals surface area contributed by atoms with Gasteiger partial charge in [-0.25, -0.2) is 14.5 Å². The van der Waals surface area contributed by atoms with Crippen LogP contribution in [-0.4, -0.2) is 107 Å².